The van der Waals surface area contributed by atoms with Gasteiger partial charge in [0, 0.05) is 5.54 Å². The molecule has 264 valence electrons. The van der Waals surface area contributed by atoms with Crippen LogP contribution in [0.2, 0.25) is 32.7 Å². The number of aryl methyl sites for hydroxylation is 3. The summed E-state index contributed by atoms with van der Waals surface area (Å²) in [6, 6.07) is 38.1. The minimum Gasteiger partial charge on any atom is -0.490 e. The van der Waals surface area contributed by atoms with Crippen LogP contribution in [0.5, 0.6) is 5.75 Å². The summed E-state index contributed by atoms with van der Waals surface area (Å²) >= 11 is 0. The van der Waals surface area contributed by atoms with Crippen molar-refractivity contribution in [3.05, 3.63) is 138 Å². The summed E-state index contributed by atoms with van der Waals surface area (Å²) in [5.74, 6) is 1.13. The highest BCUT2D eigenvalue weighted by Gasteiger charge is 2.45. The fourth-order valence-electron chi connectivity index (χ4n) is 8.15. The Kier molecular flexibility index (Phi) is 11.1. The van der Waals surface area contributed by atoms with Gasteiger partial charge in [0.2, 0.25) is 0 Å². The molecule has 0 heterocycles. The maximum Gasteiger partial charge on any atom is 0.118 e. The van der Waals surface area contributed by atoms with E-state index in [2.05, 4.69) is 157 Å². The van der Waals surface area contributed by atoms with E-state index in [1.54, 1.807) is 0 Å². The SMILES string of the molecule is C=CCOc1c([Si](C)(C)C)cc(C)cc1[Si](C)(C)C1c2cc(-c3ccc(CCCC)cc3)ccc2-c2ccc(-c3ccc(CCCC)cc3)cc21. The summed E-state index contributed by atoms with van der Waals surface area (Å²) in [4.78, 5) is 0. The summed E-state index contributed by atoms with van der Waals surface area (Å²) in [6.45, 7) is 23.9. The summed E-state index contributed by atoms with van der Waals surface area (Å²) in [5.41, 5.74) is 15.3. The van der Waals surface area contributed by atoms with E-state index in [-0.39, 0.29) is 5.54 Å². The maximum atomic E-state index is 6.74. The zero-order chi connectivity index (χ0) is 36.3. The van der Waals surface area contributed by atoms with Crippen molar-refractivity contribution in [1.82, 2.24) is 0 Å². The molecule has 51 heavy (non-hydrogen) atoms. The fraction of sp³-hybridized carbons (Fsp3) is 0.333. The van der Waals surface area contributed by atoms with E-state index in [1.165, 1.54) is 97.3 Å². The molecular formula is C48H58OSi2. The number of ether oxygens (including phenoxy) is 1. The smallest absolute Gasteiger partial charge is 0.118 e. The Hall–Kier alpha value is -3.93. The van der Waals surface area contributed by atoms with E-state index in [4.69, 9.17) is 4.74 Å². The Morgan fingerprint density at radius 1 is 0.608 bits per heavy atom. The zero-order valence-corrected chi connectivity index (χ0v) is 34.5. The van der Waals surface area contributed by atoms with Gasteiger partial charge in [0.15, 0.2) is 0 Å². The molecule has 3 heteroatoms. The van der Waals surface area contributed by atoms with Crippen LogP contribution in [0.1, 0.15) is 72.9 Å². The number of rotatable bonds is 14. The van der Waals surface area contributed by atoms with E-state index in [1.807, 2.05) is 6.08 Å². The van der Waals surface area contributed by atoms with Crippen molar-refractivity contribution in [2.75, 3.05) is 6.61 Å². The van der Waals surface area contributed by atoms with Gasteiger partial charge in [-0.3, -0.25) is 0 Å². The zero-order valence-electron chi connectivity index (χ0n) is 32.5. The molecule has 0 atom stereocenters. The molecule has 0 bridgehead atoms. The van der Waals surface area contributed by atoms with E-state index < -0.39 is 16.1 Å². The number of fused-ring (bicyclic) bond motifs is 3. The highest BCUT2D eigenvalue weighted by molar-refractivity contribution is 6.94. The first-order valence-corrected chi connectivity index (χ1v) is 25.9. The van der Waals surface area contributed by atoms with E-state index in [9.17, 15) is 0 Å². The molecule has 0 aliphatic heterocycles. The Morgan fingerprint density at radius 2 is 1.06 bits per heavy atom. The van der Waals surface area contributed by atoms with Crippen LogP contribution < -0.4 is 15.1 Å². The molecule has 0 radical (unpaired) electrons. The fourth-order valence-corrected chi connectivity index (χ4v) is 13.6. The highest BCUT2D eigenvalue weighted by Crippen LogP contribution is 2.51. The van der Waals surface area contributed by atoms with E-state index in [0.29, 0.717) is 6.61 Å². The Balaban J connectivity index is 1.53. The van der Waals surface area contributed by atoms with Gasteiger partial charge in [-0.1, -0.05) is 175 Å². The standard InChI is InChI=1S/C48H58OSi2/c1-10-13-15-35-17-21-37(22-18-35)39-25-27-41-42-28-26-40(38-23-19-36(20-24-38)16-14-11-2)33-44(42)48(43(41)32-39)51(8,9)46-31-34(4)30-45(50(5,6)7)47(46)49-29-12-3/h12,17-28,30-33,48H,3,10-11,13-16,29H2,1-2,4-9H3. The molecule has 0 saturated carbocycles. The Labute approximate surface area is 310 Å². The van der Waals surface area contributed by atoms with Crippen molar-refractivity contribution >= 4 is 26.5 Å². The summed E-state index contributed by atoms with van der Waals surface area (Å²) < 4.78 is 6.74. The minimum atomic E-state index is -2.32. The monoisotopic (exact) mass is 706 g/mol. The van der Waals surface area contributed by atoms with Gasteiger partial charge in [0.1, 0.15) is 12.4 Å². The average Bonchev–Trinajstić information content (AvgIpc) is 3.46. The van der Waals surface area contributed by atoms with Gasteiger partial charge in [-0.2, -0.15) is 0 Å². The number of hydrogen-bond acceptors (Lipinski definition) is 1. The molecule has 0 spiro atoms. The predicted octanol–water partition coefficient (Wildman–Crippen LogP) is 12.4. The minimum absolute atomic E-state index is 0.275. The molecule has 0 unspecified atom stereocenters. The number of unbranched alkanes of at least 4 members (excludes halogenated alkanes) is 2. The molecule has 0 N–H and O–H groups in total. The van der Waals surface area contributed by atoms with Crippen LogP contribution in [0.25, 0.3) is 33.4 Å². The molecule has 0 fully saturated rings. The first kappa shape index (κ1) is 36.9. The van der Waals surface area contributed by atoms with Crippen LogP contribution in [0, 0.1) is 6.92 Å². The lowest BCUT2D eigenvalue weighted by Crippen LogP contribution is -2.52. The van der Waals surface area contributed by atoms with Gasteiger partial charge in [-0.05, 0) is 98.6 Å². The van der Waals surface area contributed by atoms with Crippen LogP contribution in [-0.4, -0.2) is 22.8 Å². The molecule has 0 aromatic heterocycles. The normalized spacial score (nSPS) is 12.9. The second-order valence-electron chi connectivity index (χ2n) is 16.4. The molecule has 5 aromatic carbocycles. The first-order chi connectivity index (χ1) is 24.5. The van der Waals surface area contributed by atoms with Crippen molar-refractivity contribution < 1.29 is 4.74 Å². The number of hydrogen-bond donors (Lipinski definition) is 0. The summed E-state index contributed by atoms with van der Waals surface area (Å²) in [5, 5.41) is 2.86. The van der Waals surface area contributed by atoms with Crippen molar-refractivity contribution in [2.24, 2.45) is 0 Å². The largest absolute Gasteiger partial charge is 0.490 e. The third-order valence-corrected chi connectivity index (χ3v) is 16.8. The first-order valence-electron chi connectivity index (χ1n) is 19.3. The van der Waals surface area contributed by atoms with Crippen LogP contribution in [0.4, 0.5) is 0 Å². The van der Waals surface area contributed by atoms with Crippen molar-refractivity contribution in [3.8, 4) is 39.1 Å². The van der Waals surface area contributed by atoms with Crippen molar-refractivity contribution in [3.63, 3.8) is 0 Å². The van der Waals surface area contributed by atoms with Gasteiger partial charge in [-0.15, -0.1) is 0 Å². The molecule has 1 aliphatic rings. The lowest BCUT2D eigenvalue weighted by molar-refractivity contribution is 0.368. The van der Waals surface area contributed by atoms with Gasteiger partial charge in [0.25, 0.3) is 0 Å². The predicted molar refractivity (Wildman–Crippen MR) is 229 cm³/mol. The summed E-state index contributed by atoms with van der Waals surface area (Å²) in [6.07, 6.45) is 9.11. The summed E-state index contributed by atoms with van der Waals surface area (Å²) in [7, 11) is -4.04. The highest BCUT2D eigenvalue weighted by atomic mass is 28.3. The molecule has 1 aliphatic carbocycles. The number of benzene rings is 5. The van der Waals surface area contributed by atoms with Crippen LogP contribution >= 0.6 is 0 Å². The third-order valence-electron chi connectivity index (χ3n) is 11.0. The molecule has 0 saturated heterocycles. The Morgan fingerprint density at radius 3 is 1.49 bits per heavy atom. The molecule has 0 amide bonds. The van der Waals surface area contributed by atoms with Gasteiger partial charge >= 0.3 is 0 Å². The van der Waals surface area contributed by atoms with Gasteiger partial charge in [0.05, 0.1) is 16.1 Å². The van der Waals surface area contributed by atoms with Crippen LogP contribution in [-0.2, 0) is 12.8 Å². The second kappa shape index (κ2) is 15.4. The van der Waals surface area contributed by atoms with Crippen LogP contribution in [0.3, 0.4) is 0 Å². The third kappa shape index (κ3) is 7.66. The molecule has 6 rings (SSSR count). The molecular weight excluding hydrogens is 649 g/mol. The quantitative estimate of drug-likeness (QED) is 0.0825. The van der Waals surface area contributed by atoms with Crippen molar-refractivity contribution in [2.45, 2.75) is 97.6 Å². The maximum absolute atomic E-state index is 6.74. The van der Waals surface area contributed by atoms with E-state index >= 15 is 0 Å². The lowest BCUT2D eigenvalue weighted by atomic mass is 9.97. The topological polar surface area (TPSA) is 9.23 Å². The molecule has 5 aromatic rings. The Bertz CT molecular complexity index is 1890. The van der Waals surface area contributed by atoms with Crippen LogP contribution in [0.15, 0.2) is 110 Å². The van der Waals surface area contributed by atoms with Crippen molar-refractivity contribution in [1.29, 1.82) is 0 Å². The average molecular weight is 707 g/mol. The van der Waals surface area contributed by atoms with Gasteiger partial charge < -0.3 is 4.74 Å². The van der Waals surface area contributed by atoms with E-state index in [0.717, 1.165) is 18.6 Å². The molecule has 1 nitrogen and oxygen atoms in total. The van der Waals surface area contributed by atoms with Gasteiger partial charge in [-0.25, -0.2) is 0 Å². The second-order valence-corrected chi connectivity index (χ2v) is 26.0. The lowest BCUT2D eigenvalue weighted by Gasteiger charge is -2.36.